The van der Waals surface area contributed by atoms with Crippen LogP contribution >= 0.6 is 0 Å². The molecule has 0 aliphatic rings. The van der Waals surface area contributed by atoms with Gasteiger partial charge in [-0.2, -0.15) is 4.98 Å². The Balaban J connectivity index is 1.67. The number of hydrogen-bond donors (Lipinski definition) is 3. The second-order valence-electron chi connectivity index (χ2n) is 7.37. The van der Waals surface area contributed by atoms with Gasteiger partial charge in [-0.1, -0.05) is 30.3 Å². The van der Waals surface area contributed by atoms with Gasteiger partial charge in [-0.25, -0.2) is 13.4 Å². The zero-order chi connectivity index (χ0) is 23.4. The Hall–Kier alpha value is -3.83. The van der Waals surface area contributed by atoms with Gasteiger partial charge in [-0.3, -0.25) is 0 Å². The van der Waals surface area contributed by atoms with E-state index in [2.05, 4.69) is 30.8 Å². The monoisotopic (exact) mass is 466 g/mol. The second kappa shape index (κ2) is 9.35. The predicted octanol–water partition coefficient (Wildman–Crippen LogP) is 3.13. The van der Waals surface area contributed by atoms with Crippen molar-refractivity contribution < 1.29 is 17.9 Å². The number of rotatable bonds is 8. The van der Waals surface area contributed by atoms with Crippen molar-refractivity contribution in [2.45, 2.75) is 17.9 Å². The van der Waals surface area contributed by atoms with E-state index < -0.39 is 15.9 Å². The molecule has 2 aromatic heterocycles. The lowest BCUT2D eigenvalue weighted by molar-refractivity contribution is 0.276. The quantitative estimate of drug-likeness (QED) is 0.354. The van der Waals surface area contributed by atoms with Crippen LogP contribution in [0, 0.1) is 6.92 Å². The van der Waals surface area contributed by atoms with Gasteiger partial charge in [-0.15, -0.1) is 10.2 Å². The molecule has 170 valence electrons. The van der Waals surface area contributed by atoms with Crippen LogP contribution in [0.4, 0.5) is 17.5 Å². The highest BCUT2D eigenvalue weighted by Crippen LogP contribution is 2.29. The summed E-state index contributed by atoms with van der Waals surface area (Å²) in [5.74, 6) is 0.864. The molecule has 0 aliphatic carbocycles. The Morgan fingerprint density at radius 1 is 1.15 bits per heavy atom. The van der Waals surface area contributed by atoms with E-state index in [1.54, 1.807) is 19.1 Å². The summed E-state index contributed by atoms with van der Waals surface area (Å²) in [5.41, 5.74) is 2.57. The molecule has 0 saturated carbocycles. The van der Waals surface area contributed by atoms with Crippen LogP contribution in [0.1, 0.15) is 17.2 Å². The summed E-state index contributed by atoms with van der Waals surface area (Å²) >= 11 is 0. The molecule has 0 fully saturated rings. The van der Waals surface area contributed by atoms with E-state index in [0.717, 1.165) is 5.56 Å². The molecule has 0 amide bonds. The van der Waals surface area contributed by atoms with E-state index in [1.807, 2.05) is 30.3 Å². The largest absolute Gasteiger partial charge is 0.423 e. The standard InChI is InChI=1S/C22H22N6O4S/c1-14-10-16(8-9-19(14)33(2,30)31)25-22-23-11-17(21-28-24-13-32-21)20(27-22)26-18(12-29)15-6-4-3-5-7-15/h3-11,13,18,29H,12H2,1-2H3,(H2,23,25,26,27)/t18-/m1/s1. The molecule has 0 radical (unpaired) electrons. The van der Waals surface area contributed by atoms with Gasteiger partial charge in [-0.05, 0) is 36.2 Å². The Morgan fingerprint density at radius 2 is 1.94 bits per heavy atom. The zero-order valence-corrected chi connectivity index (χ0v) is 18.7. The number of benzene rings is 2. The van der Waals surface area contributed by atoms with Crippen LogP contribution in [0.5, 0.6) is 0 Å². The number of aliphatic hydroxyl groups excluding tert-OH is 1. The lowest BCUT2D eigenvalue weighted by Gasteiger charge is -2.19. The average molecular weight is 467 g/mol. The Kier molecular flexibility index (Phi) is 6.33. The highest BCUT2D eigenvalue weighted by Gasteiger charge is 2.19. The van der Waals surface area contributed by atoms with Crippen molar-refractivity contribution in [1.82, 2.24) is 20.2 Å². The lowest BCUT2D eigenvalue weighted by atomic mass is 10.1. The molecule has 2 aromatic carbocycles. The molecule has 3 N–H and O–H groups in total. The number of aliphatic hydroxyl groups is 1. The van der Waals surface area contributed by atoms with Crippen LogP contribution in [0.2, 0.25) is 0 Å². The van der Waals surface area contributed by atoms with Gasteiger partial charge in [0.15, 0.2) is 9.84 Å². The molecule has 10 nitrogen and oxygen atoms in total. The number of aromatic nitrogens is 4. The third-order valence-electron chi connectivity index (χ3n) is 4.91. The first kappa shape index (κ1) is 22.4. The smallest absolute Gasteiger partial charge is 0.252 e. The summed E-state index contributed by atoms with van der Waals surface area (Å²) in [6.45, 7) is 1.55. The van der Waals surface area contributed by atoms with E-state index in [9.17, 15) is 13.5 Å². The Labute approximate surface area is 190 Å². The van der Waals surface area contributed by atoms with Crippen LogP contribution in [0.25, 0.3) is 11.5 Å². The van der Waals surface area contributed by atoms with E-state index in [0.29, 0.717) is 22.6 Å². The maximum absolute atomic E-state index is 11.9. The highest BCUT2D eigenvalue weighted by atomic mass is 32.2. The summed E-state index contributed by atoms with van der Waals surface area (Å²) in [6, 6.07) is 13.9. The van der Waals surface area contributed by atoms with Crippen molar-refractivity contribution in [2.75, 3.05) is 23.5 Å². The summed E-state index contributed by atoms with van der Waals surface area (Å²) < 4.78 is 29.1. The number of sulfone groups is 1. The molecule has 0 unspecified atom stereocenters. The highest BCUT2D eigenvalue weighted by molar-refractivity contribution is 7.90. The third-order valence-corrected chi connectivity index (χ3v) is 6.16. The van der Waals surface area contributed by atoms with E-state index in [4.69, 9.17) is 4.42 Å². The predicted molar refractivity (Wildman–Crippen MR) is 123 cm³/mol. The molecule has 4 aromatic rings. The van der Waals surface area contributed by atoms with Crippen molar-refractivity contribution in [3.05, 3.63) is 72.2 Å². The lowest BCUT2D eigenvalue weighted by Crippen LogP contribution is -2.17. The van der Waals surface area contributed by atoms with E-state index >= 15 is 0 Å². The van der Waals surface area contributed by atoms with Crippen molar-refractivity contribution in [2.24, 2.45) is 0 Å². The molecule has 0 saturated heterocycles. The molecule has 11 heteroatoms. The second-order valence-corrected chi connectivity index (χ2v) is 9.35. The molecule has 2 heterocycles. The van der Waals surface area contributed by atoms with Crippen LogP contribution in [0.3, 0.4) is 0 Å². The molecule has 0 bridgehead atoms. The number of hydrogen-bond acceptors (Lipinski definition) is 10. The van der Waals surface area contributed by atoms with Gasteiger partial charge in [0.05, 0.1) is 23.1 Å². The average Bonchev–Trinajstić information content (AvgIpc) is 3.32. The number of anilines is 3. The first-order valence-corrected chi connectivity index (χ1v) is 11.9. The van der Waals surface area contributed by atoms with Gasteiger partial charge in [0.25, 0.3) is 5.89 Å². The maximum Gasteiger partial charge on any atom is 0.252 e. The first-order valence-electron chi connectivity index (χ1n) is 9.99. The molecule has 0 spiro atoms. The fourth-order valence-electron chi connectivity index (χ4n) is 3.36. The van der Waals surface area contributed by atoms with Crippen LogP contribution in [-0.2, 0) is 9.84 Å². The normalized spacial score (nSPS) is 12.3. The summed E-state index contributed by atoms with van der Waals surface area (Å²) in [6.07, 6.45) is 3.91. The van der Waals surface area contributed by atoms with Crippen molar-refractivity contribution >= 4 is 27.3 Å². The first-order chi connectivity index (χ1) is 15.8. The summed E-state index contributed by atoms with van der Waals surface area (Å²) in [4.78, 5) is 9.14. The number of aryl methyl sites for hydroxylation is 1. The number of nitrogens with zero attached hydrogens (tertiary/aromatic N) is 4. The van der Waals surface area contributed by atoms with Gasteiger partial charge >= 0.3 is 0 Å². The fraction of sp³-hybridized carbons (Fsp3) is 0.182. The van der Waals surface area contributed by atoms with E-state index in [-0.39, 0.29) is 23.3 Å². The van der Waals surface area contributed by atoms with Gasteiger partial charge in [0, 0.05) is 18.1 Å². The molecule has 0 aliphatic heterocycles. The van der Waals surface area contributed by atoms with Crippen LogP contribution in [0.15, 0.2) is 70.4 Å². The SMILES string of the molecule is Cc1cc(Nc2ncc(-c3nnco3)c(N[C@H](CO)c3ccccc3)n2)ccc1S(C)(=O)=O. The van der Waals surface area contributed by atoms with Crippen molar-refractivity contribution in [3.63, 3.8) is 0 Å². The molecule has 1 atom stereocenters. The van der Waals surface area contributed by atoms with Gasteiger partial charge in [0.2, 0.25) is 12.3 Å². The molecular weight excluding hydrogens is 444 g/mol. The Morgan fingerprint density at radius 3 is 2.58 bits per heavy atom. The van der Waals surface area contributed by atoms with Crippen molar-refractivity contribution in [3.8, 4) is 11.5 Å². The van der Waals surface area contributed by atoms with Crippen molar-refractivity contribution in [1.29, 1.82) is 0 Å². The third kappa shape index (κ3) is 5.16. The van der Waals surface area contributed by atoms with E-state index in [1.165, 1.54) is 24.9 Å². The molecule has 4 rings (SSSR count). The fourth-order valence-corrected chi connectivity index (χ4v) is 4.32. The minimum Gasteiger partial charge on any atom is -0.423 e. The minimum atomic E-state index is -3.32. The minimum absolute atomic E-state index is 0.174. The van der Waals surface area contributed by atoms with Crippen LogP contribution in [-0.4, -0.2) is 46.6 Å². The maximum atomic E-state index is 11.9. The van der Waals surface area contributed by atoms with Gasteiger partial charge < -0.3 is 20.2 Å². The molecule has 33 heavy (non-hydrogen) atoms. The molecular formula is C22H22N6O4S. The summed E-state index contributed by atoms with van der Waals surface area (Å²) in [7, 11) is -3.32. The van der Waals surface area contributed by atoms with Crippen LogP contribution < -0.4 is 10.6 Å². The number of nitrogens with one attached hydrogen (secondary N) is 2. The Bertz CT molecular complexity index is 1340. The summed E-state index contributed by atoms with van der Waals surface area (Å²) in [5, 5.41) is 23.9. The zero-order valence-electron chi connectivity index (χ0n) is 17.9. The van der Waals surface area contributed by atoms with Gasteiger partial charge in [0.1, 0.15) is 5.82 Å². The topological polar surface area (TPSA) is 143 Å².